The maximum absolute atomic E-state index is 4.48. The van der Waals surface area contributed by atoms with Crippen LogP contribution >= 0.6 is 0 Å². The molecule has 0 aliphatic heterocycles. The Morgan fingerprint density at radius 2 is 2.04 bits per heavy atom. The molecular weight excluding hydrogens is 288 g/mol. The number of nitrogens with one attached hydrogen (secondary N) is 2. The van der Waals surface area contributed by atoms with Gasteiger partial charge in [-0.25, -0.2) is 0 Å². The van der Waals surface area contributed by atoms with Crippen molar-refractivity contribution in [2.45, 2.75) is 53.1 Å². The Kier molecular flexibility index (Phi) is 8.69. The number of guanidine groups is 1. The Hall–Kier alpha value is -1.56. The number of nitrogens with zero attached hydrogens (tertiary/aromatic N) is 4. The molecule has 0 spiro atoms. The van der Waals surface area contributed by atoms with Crippen LogP contribution in [0.5, 0.6) is 0 Å². The molecule has 6 heteroatoms. The second-order valence-corrected chi connectivity index (χ2v) is 6.17. The molecule has 0 aliphatic rings. The van der Waals surface area contributed by atoms with Crippen LogP contribution in [-0.4, -0.2) is 60.4 Å². The molecule has 132 valence electrons. The van der Waals surface area contributed by atoms with Gasteiger partial charge in [0.15, 0.2) is 5.96 Å². The highest BCUT2D eigenvalue weighted by Gasteiger charge is 2.06. The van der Waals surface area contributed by atoms with E-state index in [4.69, 9.17) is 0 Å². The molecule has 0 aromatic carbocycles. The average molecular weight is 323 g/mol. The van der Waals surface area contributed by atoms with Crippen LogP contribution in [0.25, 0.3) is 0 Å². The van der Waals surface area contributed by atoms with E-state index in [1.54, 1.807) is 0 Å². The van der Waals surface area contributed by atoms with Gasteiger partial charge in [0.25, 0.3) is 0 Å². The van der Waals surface area contributed by atoms with Crippen molar-refractivity contribution in [3.05, 3.63) is 17.5 Å². The van der Waals surface area contributed by atoms with Crippen molar-refractivity contribution in [3.8, 4) is 0 Å². The predicted octanol–water partition coefficient (Wildman–Crippen LogP) is 1.79. The van der Waals surface area contributed by atoms with Gasteiger partial charge in [0.1, 0.15) is 0 Å². The first-order valence-corrected chi connectivity index (χ1v) is 8.63. The summed E-state index contributed by atoms with van der Waals surface area (Å²) in [5.41, 5.74) is 2.30. The van der Waals surface area contributed by atoms with Crippen molar-refractivity contribution in [1.82, 2.24) is 25.3 Å². The quantitative estimate of drug-likeness (QED) is 0.413. The maximum Gasteiger partial charge on any atom is 0.191 e. The summed E-state index contributed by atoms with van der Waals surface area (Å²) in [5.74, 6) is 0.871. The molecule has 0 amide bonds. The molecular formula is C17H34N6. The minimum absolute atomic E-state index is 0.618. The number of aliphatic imine (C=N–C) groups is 1. The minimum Gasteiger partial charge on any atom is -0.356 e. The van der Waals surface area contributed by atoms with Gasteiger partial charge in [0.05, 0.1) is 5.69 Å². The number of aromatic nitrogens is 2. The first-order chi connectivity index (χ1) is 11.0. The van der Waals surface area contributed by atoms with Crippen molar-refractivity contribution in [2.75, 3.05) is 33.7 Å². The molecule has 1 unspecified atom stereocenters. The van der Waals surface area contributed by atoms with Gasteiger partial charge < -0.3 is 15.5 Å². The number of hydrogen-bond acceptors (Lipinski definition) is 3. The zero-order valence-electron chi connectivity index (χ0n) is 15.7. The SMILES string of the molecule is CCC(C)N(C)CCNC(=NC)NCCCn1nc(C)cc1C. The Morgan fingerprint density at radius 3 is 2.61 bits per heavy atom. The van der Waals surface area contributed by atoms with Crippen molar-refractivity contribution in [1.29, 1.82) is 0 Å². The second kappa shape index (κ2) is 10.3. The molecule has 0 bridgehead atoms. The largest absolute Gasteiger partial charge is 0.356 e. The third-order valence-corrected chi connectivity index (χ3v) is 4.27. The minimum atomic E-state index is 0.618. The van der Waals surface area contributed by atoms with Gasteiger partial charge in [0.2, 0.25) is 0 Å². The van der Waals surface area contributed by atoms with E-state index in [0.29, 0.717) is 6.04 Å². The van der Waals surface area contributed by atoms with E-state index < -0.39 is 0 Å². The maximum atomic E-state index is 4.48. The molecule has 1 atom stereocenters. The summed E-state index contributed by atoms with van der Waals surface area (Å²) in [6.45, 7) is 12.3. The number of aryl methyl sites for hydroxylation is 3. The Morgan fingerprint density at radius 1 is 1.35 bits per heavy atom. The first kappa shape index (κ1) is 19.5. The fourth-order valence-corrected chi connectivity index (χ4v) is 2.44. The molecule has 2 N–H and O–H groups in total. The normalized spacial score (nSPS) is 13.4. The highest BCUT2D eigenvalue weighted by atomic mass is 15.3. The molecule has 0 radical (unpaired) electrons. The monoisotopic (exact) mass is 322 g/mol. The van der Waals surface area contributed by atoms with E-state index in [1.807, 2.05) is 14.0 Å². The van der Waals surface area contributed by atoms with Crippen LogP contribution in [0.15, 0.2) is 11.1 Å². The third kappa shape index (κ3) is 7.03. The summed E-state index contributed by atoms with van der Waals surface area (Å²) < 4.78 is 2.06. The fourth-order valence-electron chi connectivity index (χ4n) is 2.44. The molecule has 1 rings (SSSR count). The summed E-state index contributed by atoms with van der Waals surface area (Å²) >= 11 is 0. The molecule has 0 saturated carbocycles. The van der Waals surface area contributed by atoms with Gasteiger partial charge in [-0.1, -0.05) is 6.92 Å². The third-order valence-electron chi connectivity index (χ3n) is 4.27. The smallest absolute Gasteiger partial charge is 0.191 e. The van der Waals surface area contributed by atoms with Crippen molar-refractivity contribution < 1.29 is 0 Å². The van der Waals surface area contributed by atoms with Gasteiger partial charge in [0, 0.05) is 45.0 Å². The summed E-state index contributed by atoms with van der Waals surface area (Å²) in [6.07, 6.45) is 2.20. The zero-order valence-corrected chi connectivity index (χ0v) is 15.7. The van der Waals surface area contributed by atoms with Crippen molar-refractivity contribution in [3.63, 3.8) is 0 Å². The first-order valence-electron chi connectivity index (χ1n) is 8.63. The highest BCUT2D eigenvalue weighted by molar-refractivity contribution is 5.79. The molecule has 0 fully saturated rings. The summed E-state index contributed by atoms with van der Waals surface area (Å²) in [5, 5.41) is 11.2. The molecule has 6 nitrogen and oxygen atoms in total. The Balaban J connectivity index is 2.20. The highest BCUT2D eigenvalue weighted by Crippen LogP contribution is 2.02. The summed E-state index contributed by atoms with van der Waals surface area (Å²) in [6, 6.07) is 2.73. The molecule has 0 aliphatic carbocycles. The Bertz CT molecular complexity index is 479. The van der Waals surface area contributed by atoms with Gasteiger partial charge >= 0.3 is 0 Å². The van der Waals surface area contributed by atoms with E-state index in [9.17, 15) is 0 Å². The van der Waals surface area contributed by atoms with Crippen molar-refractivity contribution >= 4 is 5.96 Å². The van der Waals surface area contributed by atoms with E-state index in [2.05, 4.69) is 64.2 Å². The van der Waals surface area contributed by atoms with Crippen molar-refractivity contribution in [2.24, 2.45) is 4.99 Å². The fraction of sp³-hybridized carbons (Fsp3) is 0.765. The van der Waals surface area contributed by atoms with Gasteiger partial charge in [-0.3, -0.25) is 9.67 Å². The summed E-state index contributed by atoms with van der Waals surface area (Å²) in [4.78, 5) is 6.63. The zero-order chi connectivity index (χ0) is 17.2. The standard InChI is InChI=1S/C17H34N6/c1-7-15(3)22(6)12-10-20-17(18-5)19-9-8-11-23-16(4)13-14(2)21-23/h13,15H,7-12H2,1-6H3,(H2,18,19,20). The lowest BCUT2D eigenvalue weighted by atomic mass is 10.2. The van der Waals surface area contributed by atoms with Gasteiger partial charge in [-0.2, -0.15) is 5.10 Å². The molecule has 1 aromatic heterocycles. The van der Waals surface area contributed by atoms with E-state index in [0.717, 1.165) is 44.3 Å². The second-order valence-electron chi connectivity index (χ2n) is 6.17. The van der Waals surface area contributed by atoms with E-state index >= 15 is 0 Å². The average Bonchev–Trinajstić information content (AvgIpc) is 2.86. The lowest BCUT2D eigenvalue weighted by Crippen LogP contribution is -2.42. The number of rotatable bonds is 9. The predicted molar refractivity (Wildman–Crippen MR) is 98.1 cm³/mol. The van der Waals surface area contributed by atoms with Crippen LogP contribution in [0.2, 0.25) is 0 Å². The van der Waals surface area contributed by atoms with Crippen LogP contribution < -0.4 is 10.6 Å². The van der Waals surface area contributed by atoms with Crippen LogP contribution in [0.4, 0.5) is 0 Å². The van der Waals surface area contributed by atoms with Gasteiger partial charge in [-0.15, -0.1) is 0 Å². The summed E-state index contributed by atoms with van der Waals surface area (Å²) in [7, 11) is 3.98. The van der Waals surface area contributed by atoms with Crippen LogP contribution in [0.3, 0.4) is 0 Å². The Labute approximate surface area is 141 Å². The lowest BCUT2D eigenvalue weighted by Gasteiger charge is -2.24. The lowest BCUT2D eigenvalue weighted by molar-refractivity contribution is 0.255. The molecule has 1 aromatic rings. The van der Waals surface area contributed by atoms with Crippen LogP contribution in [0.1, 0.15) is 38.1 Å². The number of hydrogen-bond donors (Lipinski definition) is 2. The molecule has 23 heavy (non-hydrogen) atoms. The van der Waals surface area contributed by atoms with Crippen LogP contribution in [0, 0.1) is 13.8 Å². The number of likely N-dealkylation sites (N-methyl/N-ethyl adjacent to an activating group) is 1. The van der Waals surface area contributed by atoms with E-state index in [1.165, 1.54) is 12.1 Å². The van der Waals surface area contributed by atoms with Crippen LogP contribution in [-0.2, 0) is 6.54 Å². The topological polar surface area (TPSA) is 57.5 Å². The van der Waals surface area contributed by atoms with E-state index in [-0.39, 0.29) is 0 Å². The molecule has 0 saturated heterocycles. The van der Waals surface area contributed by atoms with Gasteiger partial charge in [-0.05, 0) is 46.7 Å². The molecule has 1 heterocycles.